The first kappa shape index (κ1) is 22.3. The Morgan fingerprint density at radius 1 is 1.18 bits per heavy atom. The number of carbonyl (C=O) groups is 1. The van der Waals surface area contributed by atoms with E-state index in [2.05, 4.69) is 15.3 Å². The molecule has 0 aliphatic carbocycles. The Morgan fingerprint density at radius 2 is 1.94 bits per heavy atom. The zero-order valence-electron chi connectivity index (χ0n) is 17.7. The molecule has 172 valence electrons. The molecule has 0 fully saturated rings. The summed E-state index contributed by atoms with van der Waals surface area (Å²) in [5, 5.41) is 2.65. The molecule has 0 saturated heterocycles. The van der Waals surface area contributed by atoms with Crippen LogP contribution in [0.1, 0.15) is 27.0 Å². The number of fused-ring (bicyclic) bond motifs is 1. The first-order valence-corrected chi connectivity index (χ1v) is 9.69. The summed E-state index contributed by atoms with van der Waals surface area (Å²) in [6.07, 6.45) is -4.26. The number of halogens is 4. The van der Waals surface area contributed by atoms with Gasteiger partial charge in [0.2, 0.25) is 11.8 Å². The molecule has 0 spiro atoms. The molecule has 0 radical (unpaired) electrons. The lowest BCUT2D eigenvalue weighted by Crippen LogP contribution is -2.18. The predicted molar refractivity (Wildman–Crippen MR) is 110 cm³/mol. The van der Waals surface area contributed by atoms with Gasteiger partial charge in [-0.25, -0.2) is 9.37 Å². The summed E-state index contributed by atoms with van der Waals surface area (Å²) in [5.74, 6) is -1.83. The van der Waals surface area contributed by atoms with Crippen LogP contribution in [0, 0.1) is 12.7 Å². The van der Waals surface area contributed by atoms with Crippen LogP contribution in [-0.4, -0.2) is 34.9 Å². The van der Waals surface area contributed by atoms with Gasteiger partial charge < -0.3 is 19.7 Å². The fraction of sp³-hybridized carbons (Fsp3) is 0.227. The molecule has 11 heteroatoms. The number of anilines is 2. The van der Waals surface area contributed by atoms with Gasteiger partial charge in [0, 0.05) is 25.9 Å². The average Bonchev–Trinajstić information content (AvgIpc) is 3.04. The Bertz CT molecular complexity index is 1250. The quantitative estimate of drug-likeness (QED) is 0.534. The zero-order chi connectivity index (χ0) is 23.9. The molecule has 33 heavy (non-hydrogen) atoms. The van der Waals surface area contributed by atoms with Crippen molar-refractivity contribution in [1.82, 2.24) is 14.9 Å². The van der Waals surface area contributed by atoms with E-state index in [-0.39, 0.29) is 34.6 Å². The van der Waals surface area contributed by atoms with Crippen LogP contribution < -0.4 is 14.8 Å². The van der Waals surface area contributed by atoms with Gasteiger partial charge >= 0.3 is 6.18 Å². The molecule has 1 aliphatic heterocycles. The molecule has 7 nitrogen and oxygen atoms in total. The fourth-order valence-corrected chi connectivity index (χ4v) is 3.40. The highest BCUT2D eigenvalue weighted by molar-refractivity contribution is 6.00. The first-order valence-electron chi connectivity index (χ1n) is 9.69. The zero-order valence-corrected chi connectivity index (χ0v) is 17.7. The average molecular weight is 462 g/mol. The molecule has 3 aromatic rings. The lowest BCUT2D eigenvalue weighted by atomic mass is 10.1. The van der Waals surface area contributed by atoms with Gasteiger partial charge in [-0.3, -0.25) is 4.79 Å². The maximum Gasteiger partial charge on any atom is 0.423 e. The second-order valence-corrected chi connectivity index (χ2v) is 7.39. The van der Waals surface area contributed by atoms with Crippen molar-refractivity contribution >= 4 is 17.5 Å². The number of aryl methyl sites for hydroxylation is 1. The van der Waals surface area contributed by atoms with Gasteiger partial charge in [-0.15, -0.1) is 0 Å². The lowest BCUT2D eigenvalue weighted by molar-refractivity contribution is -0.139. The van der Waals surface area contributed by atoms with E-state index in [1.807, 2.05) is 0 Å². The van der Waals surface area contributed by atoms with Crippen LogP contribution in [0.2, 0.25) is 0 Å². The molecular weight excluding hydrogens is 444 g/mol. The standard InChI is InChI=1S/C22H18F4N4O3/c1-11-7-17(32-3)15(8-14(11)23)28-21-27-9-13(22(24,25)26)19(29-21)33-16-6-4-5-12-10-30(2)20(31)18(12)16/h4-9H,10H2,1-3H3,(H,27,28,29). The number of nitrogens with zero attached hydrogens (tertiary/aromatic N) is 3. The number of ether oxygens (including phenoxy) is 2. The molecule has 0 bridgehead atoms. The number of carbonyl (C=O) groups excluding carboxylic acids is 1. The summed E-state index contributed by atoms with van der Waals surface area (Å²) in [4.78, 5) is 21.4. The number of hydrogen-bond donors (Lipinski definition) is 1. The highest BCUT2D eigenvalue weighted by Gasteiger charge is 2.37. The second kappa shape index (κ2) is 8.23. The van der Waals surface area contributed by atoms with Crippen molar-refractivity contribution < 1.29 is 31.8 Å². The van der Waals surface area contributed by atoms with Gasteiger partial charge in [-0.2, -0.15) is 18.2 Å². The number of rotatable bonds is 5. The van der Waals surface area contributed by atoms with E-state index in [4.69, 9.17) is 9.47 Å². The molecule has 0 saturated carbocycles. The third kappa shape index (κ3) is 4.26. The minimum Gasteiger partial charge on any atom is -0.495 e. The van der Waals surface area contributed by atoms with Crippen molar-refractivity contribution in [3.05, 3.63) is 64.6 Å². The van der Waals surface area contributed by atoms with Crippen LogP contribution in [0.3, 0.4) is 0 Å². The van der Waals surface area contributed by atoms with Gasteiger partial charge in [0.05, 0.1) is 18.4 Å². The number of nitrogens with one attached hydrogen (secondary N) is 1. The molecule has 0 unspecified atom stereocenters. The minimum atomic E-state index is -4.82. The van der Waals surface area contributed by atoms with Gasteiger partial charge in [0.15, 0.2) is 0 Å². The highest BCUT2D eigenvalue weighted by Crippen LogP contribution is 2.40. The largest absolute Gasteiger partial charge is 0.495 e. The molecule has 2 aromatic carbocycles. The SMILES string of the molecule is COc1cc(C)c(F)cc1Nc1ncc(C(F)(F)F)c(Oc2cccc3c2C(=O)N(C)C3)n1. The van der Waals surface area contributed by atoms with Crippen LogP contribution in [0.15, 0.2) is 36.5 Å². The van der Waals surface area contributed by atoms with E-state index in [1.54, 1.807) is 26.1 Å². The van der Waals surface area contributed by atoms with E-state index < -0.39 is 23.4 Å². The molecular formula is C22H18F4N4O3. The van der Waals surface area contributed by atoms with Crippen molar-refractivity contribution in [2.75, 3.05) is 19.5 Å². The topological polar surface area (TPSA) is 76.6 Å². The van der Waals surface area contributed by atoms with E-state index in [0.717, 1.165) is 6.07 Å². The Labute approximate surface area is 186 Å². The van der Waals surface area contributed by atoms with Gasteiger partial charge in [0.25, 0.3) is 5.91 Å². The summed E-state index contributed by atoms with van der Waals surface area (Å²) in [6, 6.07) is 7.21. The summed E-state index contributed by atoms with van der Waals surface area (Å²) in [6.45, 7) is 1.85. The number of benzene rings is 2. The maximum atomic E-state index is 14.0. The smallest absolute Gasteiger partial charge is 0.423 e. The van der Waals surface area contributed by atoms with Crippen molar-refractivity contribution in [1.29, 1.82) is 0 Å². The van der Waals surface area contributed by atoms with Gasteiger partial charge in [0.1, 0.15) is 22.9 Å². The van der Waals surface area contributed by atoms with Crippen LogP contribution in [0.5, 0.6) is 17.4 Å². The normalized spacial score (nSPS) is 13.2. The molecule has 4 rings (SSSR count). The summed E-state index contributed by atoms with van der Waals surface area (Å²) >= 11 is 0. The van der Waals surface area contributed by atoms with Crippen LogP contribution >= 0.6 is 0 Å². The van der Waals surface area contributed by atoms with E-state index in [0.29, 0.717) is 23.9 Å². The molecule has 1 N–H and O–H groups in total. The summed E-state index contributed by atoms with van der Waals surface area (Å²) in [7, 11) is 2.94. The van der Waals surface area contributed by atoms with E-state index in [9.17, 15) is 22.4 Å². The number of methoxy groups -OCH3 is 1. The number of alkyl halides is 3. The highest BCUT2D eigenvalue weighted by atomic mass is 19.4. The van der Waals surface area contributed by atoms with Crippen LogP contribution in [0.25, 0.3) is 0 Å². The van der Waals surface area contributed by atoms with Crippen molar-refractivity contribution in [3.63, 3.8) is 0 Å². The Kier molecular flexibility index (Phi) is 5.56. The summed E-state index contributed by atoms with van der Waals surface area (Å²) in [5.41, 5.74) is 0.00176. The lowest BCUT2D eigenvalue weighted by Gasteiger charge is -2.16. The Hall–Kier alpha value is -3.89. The van der Waals surface area contributed by atoms with E-state index >= 15 is 0 Å². The third-order valence-electron chi connectivity index (χ3n) is 5.07. The van der Waals surface area contributed by atoms with Crippen molar-refractivity contribution in [3.8, 4) is 17.4 Å². The van der Waals surface area contributed by atoms with Crippen LogP contribution in [0.4, 0.5) is 29.2 Å². The van der Waals surface area contributed by atoms with Gasteiger partial charge in [-0.1, -0.05) is 12.1 Å². The number of amides is 1. The van der Waals surface area contributed by atoms with Crippen LogP contribution in [-0.2, 0) is 12.7 Å². The predicted octanol–water partition coefficient (Wildman–Crippen LogP) is 5.07. The van der Waals surface area contributed by atoms with Crippen molar-refractivity contribution in [2.24, 2.45) is 0 Å². The molecule has 1 amide bonds. The molecule has 1 aliphatic rings. The van der Waals surface area contributed by atoms with E-state index in [1.165, 1.54) is 24.1 Å². The second-order valence-electron chi connectivity index (χ2n) is 7.39. The minimum absolute atomic E-state index is 0.0593. The fourth-order valence-electron chi connectivity index (χ4n) is 3.40. The first-order chi connectivity index (χ1) is 15.6. The Balaban J connectivity index is 1.75. The monoisotopic (exact) mass is 462 g/mol. The third-order valence-corrected chi connectivity index (χ3v) is 5.07. The Morgan fingerprint density at radius 3 is 2.64 bits per heavy atom. The van der Waals surface area contributed by atoms with Crippen molar-refractivity contribution in [2.45, 2.75) is 19.6 Å². The molecule has 0 atom stereocenters. The number of hydrogen-bond acceptors (Lipinski definition) is 6. The molecule has 2 heterocycles. The maximum absolute atomic E-state index is 14.0. The summed E-state index contributed by atoms with van der Waals surface area (Å²) < 4.78 is 65.6. The molecule has 1 aromatic heterocycles. The van der Waals surface area contributed by atoms with Gasteiger partial charge in [-0.05, 0) is 30.2 Å². The number of aromatic nitrogens is 2.